The quantitative estimate of drug-likeness (QED) is 0.521. The Bertz CT molecular complexity index is 391. The van der Waals surface area contributed by atoms with E-state index in [0.717, 1.165) is 4.90 Å². The SMILES string of the molecule is CCOC(=O)C1=C(OCC)C(=O)N(C)C(C=O)N1. The second kappa shape index (κ2) is 6.04. The third-order valence-electron chi connectivity index (χ3n) is 2.35. The van der Waals surface area contributed by atoms with Crippen LogP contribution in [0.1, 0.15) is 13.8 Å². The molecule has 0 radical (unpaired) electrons. The number of carbonyl (C=O) groups is 3. The van der Waals surface area contributed by atoms with E-state index in [2.05, 4.69) is 5.32 Å². The van der Waals surface area contributed by atoms with Gasteiger partial charge < -0.3 is 19.7 Å². The molecule has 1 atom stereocenters. The Balaban J connectivity index is 3.13. The van der Waals surface area contributed by atoms with Crippen LogP contribution < -0.4 is 5.32 Å². The van der Waals surface area contributed by atoms with Crippen molar-refractivity contribution in [3.05, 3.63) is 11.5 Å². The minimum Gasteiger partial charge on any atom is -0.486 e. The average Bonchev–Trinajstić information content (AvgIpc) is 2.36. The molecule has 100 valence electrons. The highest BCUT2D eigenvalue weighted by Gasteiger charge is 2.36. The Labute approximate surface area is 105 Å². The van der Waals surface area contributed by atoms with Crippen molar-refractivity contribution in [1.29, 1.82) is 0 Å². The molecular weight excluding hydrogens is 240 g/mol. The molecule has 1 N–H and O–H groups in total. The molecule has 0 aromatic carbocycles. The fourth-order valence-electron chi connectivity index (χ4n) is 1.46. The molecule has 0 spiro atoms. The van der Waals surface area contributed by atoms with Gasteiger partial charge in [0.1, 0.15) is 0 Å². The van der Waals surface area contributed by atoms with Crippen LogP contribution in [0.5, 0.6) is 0 Å². The molecule has 0 bridgehead atoms. The van der Waals surface area contributed by atoms with Gasteiger partial charge >= 0.3 is 5.97 Å². The van der Waals surface area contributed by atoms with E-state index in [-0.39, 0.29) is 24.7 Å². The molecule has 1 aliphatic rings. The Morgan fingerprint density at radius 3 is 2.61 bits per heavy atom. The molecule has 0 saturated carbocycles. The van der Waals surface area contributed by atoms with Crippen molar-refractivity contribution in [3.8, 4) is 0 Å². The number of hydrogen-bond donors (Lipinski definition) is 1. The van der Waals surface area contributed by atoms with Crippen molar-refractivity contribution < 1.29 is 23.9 Å². The fourth-order valence-corrected chi connectivity index (χ4v) is 1.46. The van der Waals surface area contributed by atoms with Gasteiger partial charge in [0.15, 0.2) is 18.1 Å². The van der Waals surface area contributed by atoms with Gasteiger partial charge in [-0.15, -0.1) is 0 Å². The van der Waals surface area contributed by atoms with Gasteiger partial charge in [-0.05, 0) is 13.8 Å². The maximum absolute atomic E-state index is 11.9. The van der Waals surface area contributed by atoms with Crippen LogP contribution >= 0.6 is 0 Å². The molecule has 0 aromatic heterocycles. The second-order valence-corrected chi connectivity index (χ2v) is 3.50. The molecular formula is C11H16N2O5. The van der Waals surface area contributed by atoms with Gasteiger partial charge in [0.25, 0.3) is 5.91 Å². The summed E-state index contributed by atoms with van der Waals surface area (Å²) in [7, 11) is 1.44. The molecule has 1 unspecified atom stereocenters. The van der Waals surface area contributed by atoms with Crippen LogP contribution in [-0.4, -0.2) is 49.5 Å². The highest BCUT2D eigenvalue weighted by atomic mass is 16.5. The number of rotatable bonds is 5. The zero-order valence-electron chi connectivity index (χ0n) is 10.6. The number of aldehydes is 1. The predicted octanol–water partition coefficient (Wildman–Crippen LogP) is -0.616. The van der Waals surface area contributed by atoms with Crippen molar-refractivity contribution in [3.63, 3.8) is 0 Å². The normalized spacial score (nSPS) is 19.4. The van der Waals surface area contributed by atoms with Gasteiger partial charge in [-0.3, -0.25) is 9.59 Å². The van der Waals surface area contributed by atoms with Gasteiger partial charge in [-0.25, -0.2) is 4.79 Å². The third kappa shape index (κ3) is 2.61. The fraction of sp³-hybridized carbons (Fsp3) is 0.545. The number of carbonyl (C=O) groups excluding carboxylic acids is 3. The molecule has 1 amide bonds. The monoisotopic (exact) mass is 256 g/mol. The van der Waals surface area contributed by atoms with E-state index in [9.17, 15) is 14.4 Å². The second-order valence-electron chi connectivity index (χ2n) is 3.50. The molecule has 0 fully saturated rings. The summed E-state index contributed by atoms with van der Waals surface area (Å²) in [6.07, 6.45) is -0.374. The summed E-state index contributed by atoms with van der Waals surface area (Å²) < 4.78 is 9.96. The number of nitrogens with one attached hydrogen (secondary N) is 1. The van der Waals surface area contributed by atoms with Gasteiger partial charge in [-0.2, -0.15) is 0 Å². The van der Waals surface area contributed by atoms with Crippen molar-refractivity contribution in [1.82, 2.24) is 10.2 Å². The minimum absolute atomic E-state index is 0.112. The minimum atomic E-state index is -0.902. The first-order valence-corrected chi connectivity index (χ1v) is 5.59. The summed E-state index contributed by atoms with van der Waals surface area (Å²) in [5.74, 6) is -1.37. The summed E-state index contributed by atoms with van der Waals surface area (Å²) in [5, 5.41) is 2.62. The Hall–Kier alpha value is -2.05. The molecule has 7 heteroatoms. The van der Waals surface area contributed by atoms with Crippen molar-refractivity contribution >= 4 is 18.2 Å². The Morgan fingerprint density at radius 2 is 2.11 bits per heavy atom. The number of ether oxygens (including phenoxy) is 2. The Morgan fingerprint density at radius 1 is 1.44 bits per heavy atom. The lowest BCUT2D eigenvalue weighted by molar-refractivity contribution is -0.144. The lowest BCUT2D eigenvalue weighted by atomic mass is 10.2. The smallest absolute Gasteiger partial charge is 0.358 e. The van der Waals surface area contributed by atoms with Crippen LogP contribution in [0.2, 0.25) is 0 Å². The molecule has 0 saturated heterocycles. The topological polar surface area (TPSA) is 84.9 Å². The summed E-state index contributed by atoms with van der Waals surface area (Å²) in [6.45, 7) is 3.73. The van der Waals surface area contributed by atoms with Crippen LogP contribution in [0, 0.1) is 0 Å². The standard InChI is InChI=1S/C11H16N2O5/c1-4-17-9-8(11(16)18-5-2)12-7(6-14)13(3)10(9)15/h6-7,12H,4-5H2,1-3H3. The first-order valence-electron chi connectivity index (χ1n) is 5.59. The van der Waals surface area contributed by atoms with Crippen LogP contribution in [0.4, 0.5) is 0 Å². The number of amides is 1. The first kappa shape index (κ1) is 14.0. The van der Waals surface area contributed by atoms with Crippen molar-refractivity contribution in [2.75, 3.05) is 20.3 Å². The summed E-state index contributed by atoms with van der Waals surface area (Å²) in [5.41, 5.74) is -0.112. The van der Waals surface area contributed by atoms with Crippen LogP contribution in [0.3, 0.4) is 0 Å². The van der Waals surface area contributed by atoms with E-state index >= 15 is 0 Å². The zero-order chi connectivity index (χ0) is 13.7. The lowest BCUT2D eigenvalue weighted by Gasteiger charge is -2.32. The number of hydrogen-bond acceptors (Lipinski definition) is 6. The van der Waals surface area contributed by atoms with E-state index < -0.39 is 18.0 Å². The lowest BCUT2D eigenvalue weighted by Crippen LogP contribution is -2.54. The van der Waals surface area contributed by atoms with E-state index in [1.165, 1.54) is 7.05 Å². The summed E-state index contributed by atoms with van der Waals surface area (Å²) in [4.78, 5) is 35.6. The predicted molar refractivity (Wildman–Crippen MR) is 61.0 cm³/mol. The molecule has 18 heavy (non-hydrogen) atoms. The van der Waals surface area contributed by atoms with E-state index in [0.29, 0.717) is 6.29 Å². The van der Waals surface area contributed by atoms with E-state index in [1.807, 2.05) is 0 Å². The van der Waals surface area contributed by atoms with Crippen LogP contribution in [-0.2, 0) is 23.9 Å². The van der Waals surface area contributed by atoms with Gasteiger partial charge in [0.2, 0.25) is 5.76 Å². The summed E-state index contributed by atoms with van der Waals surface area (Å²) in [6, 6.07) is 0. The Kier molecular flexibility index (Phi) is 4.70. The number of nitrogens with zero attached hydrogens (tertiary/aromatic N) is 1. The van der Waals surface area contributed by atoms with Gasteiger partial charge in [-0.1, -0.05) is 0 Å². The molecule has 1 heterocycles. The average molecular weight is 256 g/mol. The maximum Gasteiger partial charge on any atom is 0.358 e. The first-order chi connectivity index (χ1) is 8.56. The van der Waals surface area contributed by atoms with Crippen molar-refractivity contribution in [2.45, 2.75) is 20.0 Å². The summed E-state index contributed by atoms with van der Waals surface area (Å²) >= 11 is 0. The molecule has 0 aromatic rings. The van der Waals surface area contributed by atoms with E-state index in [1.54, 1.807) is 13.8 Å². The van der Waals surface area contributed by atoms with Crippen LogP contribution in [0.15, 0.2) is 11.5 Å². The van der Waals surface area contributed by atoms with Crippen molar-refractivity contribution in [2.24, 2.45) is 0 Å². The third-order valence-corrected chi connectivity index (χ3v) is 2.35. The highest BCUT2D eigenvalue weighted by molar-refractivity contribution is 6.03. The molecule has 1 aliphatic heterocycles. The van der Waals surface area contributed by atoms with Crippen LogP contribution in [0.25, 0.3) is 0 Å². The number of likely N-dealkylation sites (N-methyl/N-ethyl adjacent to an activating group) is 1. The van der Waals surface area contributed by atoms with Gasteiger partial charge in [0.05, 0.1) is 13.2 Å². The molecule has 7 nitrogen and oxygen atoms in total. The largest absolute Gasteiger partial charge is 0.486 e. The van der Waals surface area contributed by atoms with Gasteiger partial charge in [0, 0.05) is 7.05 Å². The highest BCUT2D eigenvalue weighted by Crippen LogP contribution is 2.16. The number of esters is 1. The zero-order valence-corrected chi connectivity index (χ0v) is 10.6. The molecule has 0 aliphatic carbocycles. The molecule has 1 rings (SSSR count). The van der Waals surface area contributed by atoms with E-state index in [4.69, 9.17) is 9.47 Å². The maximum atomic E-state index is 11.9.